The first kappa shape index (κ1) is 12.4. The zero-order valence-electron chi connectivity index (χ0n) is 7.68. The number of carbonyl (C=O) groups excluding carboxylic acids is 1. The van der Waals surface area contributed by atoms with E-state index < -0.39 is 6.16 Å². The number of hydrogen-bond donors (Lipinski definition) is 2. The summed E-state index contributed by atoms with van der Waals surface area (Å²) in [6.07, 6.45) is -0.805. The molecule has 0 bridgehead atoms. The van der Waals surface area contributed by atoms with Crippen molar-refractivity contribution >= 4 is 6.16 Å². The number of benzene rings is 1. The summed E-state index contributed by atoms with van der Waals surface area (Å²) in [4.78, 5) is 10.8. The van der Waals surface area contributed by atoms with Gasteiger partial charge in [-0.1, -0.05) is 18.2 Å². The van der Waals surface area contributed by atoms with Gasteiger partial charge in [0.1, 0.15) is 12.4 Å². The quantitative estimate of drug-likeness (QED) is 0.566. The molecule has 0 unspecified atom stereocenters. The molecule has 0 aliphatic carbocycles. The lowest BCUT2D eigenvalue weighted by atomic mass is 10.3. The zero-order chi connectivity index (χ0) is 9.52. The molecule has 4 N–H and O–H groups in total. The predicted molar refractivity (Wildman–Crippen MR) is 50.5 cm³/mol. The molecule has 0 heterocycles. The van der Waals surface area contributed by atoms with E-state index in [0.717, 1.165) is 0 Å². The molecule has 0 saturated carbocycles. The number of ether oxygens (including phenoxy) is 2. The molecular formula is C9H13NO4. The number of carbonyl (C=O) groups is 1. The Hall–Kier alpha value is -1.59. The summed E-state index contributed by atoms with van der Waals surface area (Å²) < 4.78 is 9.23. The van der Waals surface area contributed by atoms with Crippen molar-refractivity contribution < 1.29 is 19.4 Å². The second-order valence-corrected chi connectivity index (χ2v) is 2.24. The summed E-state index contributed by atoms with van der Waals surface area (Å²) in [6.45, 7) is -0.254. The lowest BCUT2D eigenvalue weighted by molar-refractivity contribution is 0.0807. The van der Waals surface area contributed by atoms with Gasteiger partial charge in [0.15, 0.2) is 0 Å². The summed E-state index contributed by atoms with van der Waals surface area (Å²) >= 11 is 0. The third kappa shape index (κ3) is 4.44. The normalized spacial score (nSPS) is 8.64. The number of aliphatic hydroxyl groups is 1. The maximum atomic E-state index is 10.8. The van der Waals surface area contributed by atoms with Crippen LogP contribution in [0.4, 0.5) is 4.79 Å². The molecule has 1 rings (SSSR count). The van der Waals surface area contributed by atoms with Crippen LogP contribution in [-0.4, -0.2) is 24.5 Å². The van der Waals surface area contributed by atoms with Crippen molar-refractivity contribution in [1.82, 2.24) is 6.15 Å². The van der Waals surface area contributed by atoms with Crippen molar-refractivity contribution in [1.29, 1.82) is 0 Å². The van der Waals surface area contributed by atoms with Crippen molar-refractivity contribution in [2.75, 3.05) is 13.2 Å². The van der Waals surface area contributed by atoms with Crippen molar-refractivity contribution in [3.05, 3.63) is 30.3 Å². The molecule has 0 fully saturated rings. The van der Waals surface area contributed by atoms with E-state index in [2.05, 4.69) is 4.74 Å². The number of hydrogen-bond acceptors (Lipinski definition) is 5. The Bertz CT molecular complexity index is 263. The first-order valence-corrected chi connectivity index (χ1v) is 3.83. The van der Waals surface area contributed by atoms with Crippen LogP contribution in [0.2, 0.25) is 0 Å². The molecule has 0 saturated heterocycles. The minimum absolute atomic E-state index is 0. The van der Waals surface area contributed by atoms with Crippen LogP contribution in [0.1, 0.15) is 0 Å². The second kappa shape index (κ2) is 6.88. The number of rotatable bonds is 3. The molecule has 0 aliphatic heterocycles. The van der Waals surface area contributed by atoms with Gasteiger partial charge in [-0.3, -0.25) is 0 Å². The van der Waals surface area contributed by atoms with Crippen molar-refractivity contribution in [3.8, 4) is 5.75 Å². The van der Waals surface area contributed by atoms with Gasteiger partial charge in [0, 0.05) is 0 Å². The fourth-order valence-corrected chi connectivity index (χ4v) is 0.743. The zero-order valence-corrected chi connectivity index (χ0v) is 7.68. The molecule has 14 heavy (non-hydrogen) atoms. The van der Waals surface area contributed by atoms with Crippen LogP contribution in [0.5, 0.6) is 5.75 Å². The van der Waals surface area contributed by atoms with E-state index in [1.807, 2.05) is 6.07 Å². The Balaban J connectivity index is 0.00000169. The Kier molecular flexibility index (Phi) is 6.09. The van der Waals surface area contributed by atoms with Gasteiger partial charge in [-0.2, -0.15) is 0 Å². The van der Waals surface area contributed by atoms with Crippen LogP contribution < -0.4 is 10.9 Å². The van der Waals surface area contributed by atoms with E-state index in [-0.39, 0.29) is 19.4 Å². The van der Waals surface area contributed by atoms with E-state index in [9.17, 15) is 4.79 Å². The SMILES string of the molecule is N.O=C(OCCO)Oc1ccccc1. The van der Waals surface area contributed by atoms with Gasteiger partial charge in [0.25, 0.3) is 0 Å². The summed E-state index contributed by atoms with van der Waals surface area (Å²) in [7, 11) is 0. The molecule has 0 spiro atoms. The predicted octanol–water partition coefficient (Wildman–Crippen LogP) is 1.36. The molecule has 0 atom stereocenters. The van der Waals surface area contributed by atoms with E-state index in [1.54, 1.807) is 24.3 Å². The standard InChI is InChI=1S/C9H10O4.H3N/c10-6-7-12-9(11)13-8-4-2-1-3-5-8;/h1-5,10H,6-7H2;1H3. The minimum atomic E-state index is -0.805. The molecule has 0 aromatic heterocycles. The second-order valence-electron chi connectivity index (χ2n) is 2.24. The van der Waals surface area contributed by atoms with Crippen molar-refractivity contribution in [3.63, 3.8) is 0 Å². The van der Waals surface area contributed by atoms with Gasteiger partial charge in [0.05, 0.1) is 6.61 Å². The van der Waals surface area contributed by atoms with Crippen LogP contribution in [0.3, 0.4) is 0 Å². The molecule has 5 heteroatoms. The number of para-hydroxylation sites is 1. The molecule has 1 aromatic rings. The first-order valence-electron chi connectivity index (χ1n) is 3.83. The minimum Gasteiger partial charge on any atom is -0.432 e. The van der Waals surface area contributed by atoms with E-state index in [4.69, 9.17) is 9.84 Å². The monoisotopic (exact) mass is 199 g/mol. The summed E-state index contributed by atoms with van der Waals surface area (Å²) in [5, 5.41) is 8.35. The Morgan fingerprint density at radius 3 is 2.50 bits per heavy atom. The molecule has 1 aromatic carbocycles. The Labute approximate surface area is 81.8 Å². The van der Waals surface area contributed by atoms with E-state index in [1.165, 1.54) is 0 Å². The van der Waals surface area contributed by atoms with Gasteiger partial charge < -0.3 is 20.7 Å². The highest BCUT2D eigenvalue weighted by Crippen LogP contribution is 2.08. The average Bonchev–Trinajstić information content (AvgIpc) is 2.16. The third-order valence-electron chi connectivity index (χ3n) is 1.26. The van der Waals surface area contributed by atoms with Crippen LogP contribution in [0, 0.1) is 0 Å². The first-order chi connectivity index (χ1) is 6.33. The Morgan fingerprint density at radius 2 is 1.93 bits per heavy atom. The fourth-order valence-electron chi connectivity index (χ4n) is 0.743. The highest BCUT2D eigenvalue weighted by Gasteiger charge is 2.03. The van der Waals surface area contributed by atoms with Gasteiger partial charge in [-0.25, -0.2) is 4.79 Å². The van der Waals surface area contributed by atoms with Crippen LogP contribution in [0.25, 0.3) is 0 Å². The molecule has 0 radical (unpaired) electrons. The van der Waals surface area contributed by atoms with Gasteiger partial charge in [-0.05, 0) is 12.1 Å². The fraction of sp³-hybridized carbons (Fsp3) is 0.222. The van der Waals surface area contributed by atoms with Crippen LogP contribution in [-0.2, 0) is 4.74 Å². The topological polar surface area (TPSA) is 90.8 Å². The molecule has 78 valence electrons. The van der Waals surface area contributed by atoms with Gasteiger partial charge in [-0.15, -0.1) is 0 Å². The summed E-state index contributed by atoms with van der Waals surface area (Å²) in [5.41, 5.74) is 0. The highest BCUT2D eigenvalue weighted by molar-refractivity contribution is 5.63. The summed E-state index contributed by atoms with van der Waals surface area (Å²) in [6, 6.07) is 8.58. The summed E-state index contributed by atoms with van der Waals surface area (Å²) in [5.74, 6) is 0.422. The Morgan fingerprint density at radius 1 is 1.29 bits per heavy atom. The van der Waals surface area contributed by atoms with Gasteiger partial charge in [0.2, 0.25) is 0 Å². The molecular weight excluding hydrogens is 186 g/mol. The van der Waals surface area contributed by atoms with Crippen LogP contribution in [0.15, 0.2) is 30.3 Å². The van der Waals surface area contributed by atoms with Crippen molar-refractivity contribution in [2.24, 2.45) is 0 Å². The van der Waals surface area contributed by atoms with Crippen molar-refractivity contribution in [2.45, 2.75) is 0 Å². The lowest BCUT2D eigenvalue weighted by Gasteiger charge is -2.03. The molecule has 0 amide bonds. The molecule has 0 aliphatic rings. The smallest absolute Gasteiger partial charge is 0.432 e. The lowest BCUT2D eigenvalue weighted by Crippen LogP contribution is -2.12. The largest absolute Gasteiger partial charge is 0.513 e. The van der Waals surface area contributed by atoms with Gasteiger partial charge >= 0.3 is 6.16 Å². The van der Waals surface area contributed by atoms with E-state index in [0.29, 0.717) is 5.75 Å². The third-order valence-corrected chi connectivity index (χ3v) is 1.26. The molecule has 5 nitrogen and oxygen atoms in total. The van der Waals surface area contributed by atoms with E-state index >= 15 is 0 Å². The van der Waals surface area contributed by atoms with Crippen LogP contribution >= 0.6 is 0 Å². The number of aliphatic hydroxyl groups excluding tert-OH is 1. The highest BCUT2D eigenvalue weighted by atomic mass is 16.7. The average molecular weight is 199 g/mol. The maximum absolute atomic E-state index is 10.8. The maximum Gasteiger partial charge on any atom is 0.513 e.